The Bertz CT molecular complexity index is 852. The second-order valence-electron chi connectivity index (χ2n) is 5.24. The Labute approximate surface area is 165 Å². The fourth-order valence-electron chi connectivity index (χ4n) is 2.23. The molecule has 0 bridgehead atoms. The quantitative estimate of drug-likeness (QED) is 0.462. The summed E-state index contributed by atoms with van der Waals surface area (Å²) in [5, 5.41) is 9.42. The number of ether oxygens (including phenoxy) is 2. The zero-order chi connectivity index (χ0) is 19.1. The van der Waals surface area contributed by atoms with Crippen molar-refractivity contribution < 1.29 is 19.4 Å². The smallest absolute Gasteiger partial charge is 0.341 e. The summed E-state index contributed by atoms with van der Waals surface area (Å²) in [7, 11) is 1.50. The number of hydrogen-bond acceptors (Lipinski definition) is 4. The highest BCUT2D eigenvalue weighted by Gasteiger charge is 2.13. The molecule has 2 rings (SSSR count). The van der Waals surface area contributed by atoms with Crippen LogP contribution in [0.15, 0.2) is 52.5 Å². The van der Waals surface area contributed by atoms with Crippen molar-refractivity contribution in [1.29, 1.82) is 0 Å². The second kappa shape index (κ2) is 9.40. The first-order valence-corrected chi connectivity index (χ1v) is 8.77. The molecule has 2 aromatic rings. The summed E-state index contributed by atoms with van der Waals surface area (Å²) in [6.07, 6.45) is 3.88. The summed E-state index contributed by atoms with van der Waals surface area (Å²) in [6, 6.07) is 8.98. The van der Waals surface area contributed by atoms with Gasteiger partial charge < -0.3 is 14.6 Å². The zero-order valence-electron chi connectivity index (χ0n) is 14.0. The van der Waals surface area contributed by atoms with Gasteiger partial charge >= 0.3 is 5.97 Å². The summed E-state index contributed by atoms with van der Waals surface area (Å²) >= 11 is 9.41. The molecule has 0 amide bonds. The summed E-state index contributed by atoms with van der Waals surface area (Å²) in [5.74, 6) is -0.242. The molecule has 0 heterocycles. The third-order valence-corrected chi connectivity index (χ3v) is 4.58. The highest BCUT2D eigenvalue weighted by Crippen LogP contribution is 2.33. The van der Waals surface area contributed by atoms with E-state index in [1.807, 2.05) is 18.2 Å². The minimum atomic E-state index is -1.06. The first-order chi connectivity index (χ1) is 12.4. The van der Waals surface area contributed by atoms with E-state index in [-0.39, 0.29) is 0 Å². The van der Waals surface area contributed by atoms with Crippen molar-refractivity contribution in [2.24, 2.45) is 4.99 Å². The van der Waals surface area contributed by atoms with Gasteiger partial charge in [0.2, 0.25) is 0 Å². The molecule has 136 valence electrons. The normalized spacial score (nSPS) is 10.7. The molecule has 1 N–H and O–H groups in total. The minimum absolute atomic E-state index is 0.388. The Morgan fingerprint density at radius 3 is 2.77 bits per heavy atom. The molecular formula is C19H17BrClNO4. The standard InChI is InChI=1S/C19H17BrClNO4/c1-3-4-13-7-12(8-17(25-2)19(13)26-11-18(23)24)10-22-14-5-6-15(20)16(21)9-14/h3,5-10H,1,4,11H2,2H3,(H,23,24). The maximum Gasteiger partial charge on any atom is 0.341 e. The van der Waals surface area contributed by atoms with Crippen molar-refractivity contribution >= 4 is 45.4 Å². The third-order valence-electron chi connectivity index (χ3n) is 3.34. The number of hydrogen-bond donors (Lipinski definition) is 1. The number of benzene rings is 2. The summed E-state index contributed by atoms with van der Waals surface area (Å²) < 4.78 is 11.5. The number of allylic oxidation sites excluding steroid dienone is 1. The van der Waals surface area contributed by atoms with E-state index >= 15 is 0 Å². The summed E-state index contributed by atoms with van der Waals surface area (Å²) in [5.41, 5.74) is 2.24. The molecule has 0 saturated carbocycles. The molecule has 26 heavy (non-hydrogen) atoms. The number of aliphatic carboxylic acids is 1. The lowest BCUT2D eigenvalue weighted by Crippen LogP contribution is -2.11. The van der Waals surface area contributed by atoms with Crippen LogP contribution in [0.1, 0.15) is 11.1 Å². The molecule has 5 nitrogen and oxygen atoms in total. The lowest BCUT2D eigenvalue weighted by Gasteiger charge is -2.14. The molecule has 0 radical (unpaired) electrons. The van der Waals surface area contributed by atoms with Gasteiger partial charge in [0.05, 0.1) is 17.8 Å². The van der Waals surface area contributed by atoms with Crippen molar-refractivity contribution in [1.82, 2.24) is 0 Å². The Balaban J connectivity index is 2.37. The number of carboxylic acids is 1. The first kappa shape index (κ1) is 20.0. The van der Waals surface area contributed by atoms with E-state index in [2.05, 4.69) is 27.5 Å². The van der Waals surface area contributed by atoms with Crippen molar-refractivity contribution in [3.63, 3.8) is 0 Å². The van der Waals surface area contributed by atoms with Gasteiger partial charge in [0.15, 0.2) is 18.1 Å². The Hall–Kier alpha value is -2.31. The van der Waals surface area contributed by atoms with Crippen LogP contribution >= 0.6 is 27.5 Å². The Morgan fingerprint density at radius 1 is 1.38 bits per heavy atom. The number of halogens is 2. The maximum absolute atomic E-state index is 10.8. The second-order valence-corrected chi connectivity index (χ2v) is 6.50. The lowest BCUT2D eigenvalue weighted by atomic mass is 10.1. The average Bonchev–Trinajstić information content (AvgIpc) is 2.61. The molecular weight excluding hydrogens is 422 g/mol. The SMILES string of the molecule is C=CCc1cc(C=Nc2ccc(Br)c(Cl)c2)cc(OC)c1OCC(=O)O. The number of aliphatic imine (C=N–C) groups is 1. The predicted octanol–water partition coefficient (Wildman–Crippen LogP) is 5.05. The number of methoxy groups -OCH3 is 1. The van der Waals surface area contributed by atoms with Gasteiger partial charge in [0.1, 0.15) is 0 Å². The number of rotatable bonds is 8. The average molecular weight is 439 g/mol. The van der Waals surface area contributed by atoms with Crippen LogP contribution in [0.25, 0.3) is 0 Å². The molecule has 0 aliphatic heterocycles. The number of carboxylic acid groups (broad SMARTS) is 1. The molecule has 0 aliphatic rings. The number of nitrogens with zero attached hydrogens (tertiary/aromatic N) is 1. The maximum atomic E-state index is 10.8. The lowest BCUT2D eigenvalue weighted by molar-refractivity contribution is -0.139. The van der Waals surface area contributed by atoms with Crippen molar-refractivity contribution in [2.45, 2.75) is 6.42 Å². The van der Waals surface area contributed by atoms with Crippen LogP contribution in [0, 0.1) is 0 Å². The van der Waals surface area contributed by atoms with Gasteiger partial charge in [-0.25, -0.2) is 4.79 Å². The van der Waals surface area contributed by atoms with Crippen molar-refractivity contribution in [3.8, 4) is 11.5 Å². The van der Waals surface area contributed by atoms with E-state index in [1.165, 1.54) is 7.11 Å². The van der Waals surface area contributed by atoms with E-state index in [0.717, 1.165) is 15.6 Å². The van der Waals surface area contributed by atoms with E-state index in [0.29, 0.717) is 28.6 Å². The molecule has 7 heteroatoms. The van der Waals surface area contributed by atoms with Crippen LogP contribution in [-0.4, -0.2) is 31.0 Å². The summed E-state index contributed by atoms with van der Waals surface area (Å²) in [4.78, 5) is 15.2. The molecule has 0 fully saturated rings. The molecule has 0 saturated heterocycles. The van der Waals surface area contributed by atoms with Crippen LogP contribution in [0.4, 0.5) is 5.69 Å². The zero-order valence-corrected chi connectivity index (χ0v) is 16.4. The van der Waals surface area contributed by atoms with E-state index in [4.69, 9.17) is 26.2 Å². The van der Waals surface area contributed by atoms with Gasteiger partial charge in [0, 0.05) is 16.3 Å². The van der Waals surface area contributed by atoms with Crippen LogP contribution in [0.5, 0.6) is 11.5 Å². The van der Waals surface area contributed by atoms with Crippen molar-refractivity contribution in [3.05, 3.63) is 63.6 Å². The molecule has 0 aliphatic carbocycles. The van der Waals surface area contributed by atoms with Crippen LogP contribution < -0.4 is 9.47 Å². The minimum Gasteiger partial charge on any atom is -0.493 e. The van der Waals surface area contributed by atoms with E-state index in [1.54, 1.807) is 24.4 Å². The summed E-state index contributed by atoms with van der Waals surface area (Å²) in [6.45, 7) is 3.27. The largest absolute Gasteiger partial charge is 0.493 e. The highest BCUT2D eigenvalue weighted by molar-refractivity contribution is 9.10. The highest BCUT2D eigenvalue weighted by atomic mass is 79.9. The topological polar surface area (TPSA) is 68.1 Å². The van der Waals surface area contributed by atoms with Crippen molar-refractivity contribution in [2.75, 3.05) is 13.7 Å². The van der Waals surface area contributed by atoms with Gasteiger partial charge in [-0.2, -0.15) is 0 Å². The van der Waals surface area contributed by atoms with Crippen LogP contribution in [0.3, 0.4) is 0 Å². The van der Waals surface area contributed by atoms with Gasteiger partial charge in [-0.05, 0) is 58.2 Å². The molecule has 0 atom stereocenters. The first-order valence-electron chi connectivity index (χ1n) is 7.60. The van der Waals surface area contributed by atoms with E-state index in [9.17, 15) is 4.79 Å². The van der Waals surface area contributed by atoms with Crippen LogP contribution in [0.2, 0.25) is 5.02 Å². The fourth-order valence-corrected chi connectivity index (χ4v) is 2.65. The molecule has 2 aromatic carbocycles. The van der Waals surface area contributed by atoms with Crippen LogP contribution in [-0.2, 0) is 11.2 Å². The van der Waals surface area contributed by atoms with E-state index < -0.39 is 12.6 Å². The predicted molar refractivity (Wildman–Crippen MR) is 106 cm³/mol. The van der Waals surface area contributed by atoms with Gasteiger partial charge in [0.25, 0.3) is 0 Å². The Morgan fingerprint density at radius 2 is 2.15 bits per heavy atom. The van der Waals surface area contributed by atoms with Gasteiger partial charge in [-0.15, -0.1) is 6.58 Å². The van der Waals surface area contributed by atoms with Gasteiger partial charge in [-0.3, -0.25) is 4.99 Å². The monoisotopic (exact) mass is 437 g/mol. The fraction of sp³-hybridized carbons (Fsp3) is 0.158. The number of carbonyl (C=O) groups is 1. The molecule has 0 unspecified atom stereocenters. The Kier molecular flexibility index (Phi) is 7.24. The molecule has 0 spiro atoms. The molecule has 0 aromatic heterocycles. The third kappa shape index (κ3) is 5.34. The van der Waals surface area contributed by atoms with Gasteiger partial charge in [-0.1, -0.05) is 17.7 Å².